The van der Waals surface area contributed by atoms with Crippen LogP contribution < -0.4 is 5.73 Å². The zero-order valence-corrected chi connectivity index (χ0v) is 11.4. The summed E-state index contributed by atoms with van der Waals surface area (Å²) in [7, 11) is 2.29. The molecule has 16 heavy (non-hydrogen) atoms. The van der Waals surface area contributed by atoms with Gasteiger partial charge >= 0.3 is 0 Å². The van der Waals surface area contributed by atoms with E-state index in [9.17, 15) is 0 Å². The fraction of sp³-hybridized carbons (Fsp3) is 1.00. The van der Waals surface area contributed by atoms with Gasteiger partial charge in [0.1, 0.15) is 0 Å². The Morgan fingerprint density at radius 3 is 2.62 bits per heavy atom. The lowest BCUT2D eigenvalue weighted by atomic mass is 9.78. The maximum absolute atomic E-state index is 5.91. The number of hydrogen-bond acceptors (Lipinski definition) is 2. The molecule has 0 aliphatic heterocycles. The van der Waals surface area contributed by atoms with E-state index in [0.29, 0.717) is 0 Å². The minimum atomic E-state index is 0.739. The average Bonchev–Trinajstić information content (AvgIpc) is 2.29. The molecule has 1 rings (SSSR count). The first kappa shape index (κ1) is 14.0. The fourth-order valence-corrected chi connectivity index (χ4v) is 3.01. The molecular weight excluding hydrogens is 196 g/mol. The molecule has 0 aromatic carbocycles. The van der Waals surface area contributed by atoms with Crippen LogP contribution in [0.1, 0.15) is 52.4 Å². The molecule has 1 saturated carbocycles. The number of rotatable bonds is 6. The van der Waals surface area contributed by atoms with Crippen LogP contribution in [0.3, 0.4) is 0 Å². The highest BCUT2D eigenvalue weighted by atomic mass is 15.1. The van der Waals surface area contributed by atoms with Gasteiger partial charge in [-0.25, -0.2) is 0 Å². The van der Waals surface area contributed by atoms with Gasteiger partial charge in [-0.1, -0.05) is 33.1 Å². The van der Waals surface area contributed by atoms with Gasteiger partial charge in [-0.05, 0) is 51.2 Å². The summed E-state index contributed by atoms with van der Waals surface area (Å²) < 4.78 is 0. The van der Waals surface area contributed by atoms with Gasteiger partial charge in [0, 0.05) is 6.04 Å². The molecule has 96 valence electrons. The van der Waals surface area contributed by atoms with E-state index in [-0.39, 0.29) is 0 Å². The van der Waals surface area contributed by atoms with Crippen molar-refractivity contribution in [2.75, 3.05) is 20.1 Å². The highest BCUT2D eigenvalue weighted by Gasteiger charge is 2.29. The molecule has 2 heteroatoms. The Morgan fingerprint density at radius 1 is 1.25 bits per heavy atom. The standard InChI is InChI=1S/C14H30N2/c1-4-5-6-9-16(3)14-10-12(2)7-8-13(14)11-15/h12-14H,4-11,15H2,1-3H3. The first-order chi connectivity index (χ1) is 7.69. The summed E-state index contributed by atoms with van der Waals surface area (Å²) in [6.45, 7) is 6.78. The van der Waals surface area contributed by atoms with E-state index in [1.807, 2.05) is 0 Å². The van der Waals surface area contributed by atoms with Gasteiger partial charge in [-0.2, -0.15) is 0 Å². The molecule has 1 fully saturated rings. The van der Waals surface area contributed by atoms with E-state index in [1.165, 1.54) is 45.1 Å². The van der Waals surface area contributed by atoms with E-state index in [2.05, 4.69) is 25.8 Å². The molecule has 0 bridgehead atoms. The van der Waals surface area contributed by atoms with Crippen molar-refractivity contribution in [3.05, 3.63) is 0 Å². The second-order valence-electron chi connectivity index (χ2n) is 5.67. The van der Waals surface area contributed by atoms with Gasteiger partial charge in [0.05, 0.1) is 0 Å². The minimum Gasteiger partial charge on any atom is -0.330 e. The maximum atomic E-state index is 5.91. The summed E-state index contributed by atoms with van der Waals surface area (Å²) in [6.07, 6.45) is 8.08. The van der Waals surface area contributed by atoms with E-state index in [4.69, 9.17) is 5.73 Å². The molecule has 0 saturated heterocycles. The lowest BCUT2D eigenvalue weighted by molar-refractivity contribution is 0.107. The summed E-state index contributed by atoms with van der Waals surface area (Å²) >= 11 is 0. The van der Waals surface area contributed by atoms with Crippen LogP contribution in [-0.4, -0.2) is 31.1 Å². The van der Waals surface area contributed by atoms with E-state index < -0.39 is 0 Å². The first-order valence-electron chi connectivity index (χ1n) is 7.09. The lowest BCUT2D eigenvalue weighted by Crippen LogP contribution is -2.45. The third kappa shape index (κ3) is 4.06. The third-order valence-electron chi connectivity index (χ3n) is 4.20. The third-order valence-corrected chi connectivity index (χ3v) is 4.20. The van der Waals surface area contributed by atoms with Crippen molar-refractivity contribution in [2.45, 2.75) is 58.4 Å². The fourth-order valence-electron chi connectivity index (χ4n) is 3.01. The molecule has 1 aliphatic rings. The largest absolute Gasteiger partial charge is 0.330 e. The van der Waals surface area contributed by atoms with Crippen molar-refractivity contribution in [3.63, 3.8) is 0 Å². The van der Waals surface area contributed by atoms with Crippen molar-refractivity contribution in [3.8, 4) is 0 Å². The highest BCUT2D eigenvalue weighted by Crippen LogP contribution is 2.31. The van der Waals surface area contributed by atoms with Crippen LogP contribution in [0.2, 0.25) is 0 Å². The SMILES string of the molecule is CCCCCN(C)C1CC(C)CCC1CN. The highest BCUT2D eigenvalue weighted by molar-refractivity contribution is 4.85. The summed E-state index contributed by atoms with van der Waals surface area (Å²) in [6, 6.07) is 0.741. The monoisotopic (exact) mass is 226 g/mol. The number of nitrogens with two attached hydrogens (primary N) is 1. The minimum absolute atomic E-state index is 0.739. The molecule has 2 N–H and O–H groups in total. The Hall–Kier alpha value is -0.0800. The van der Waals surface area contributed by atoms with Gasteiger partial charge < -0.3 is 10.6 Å². The van der Waals surface area contributed by atoms with E-state index in [0.717, 1.165) is 24.4 Å². The number of unbranched alkanes of at least 4 members (excludes halogenated alkanes) is 2. The molecule has 0 heterocycles. The van der Waals surface area contributed by atoms with Crippen molar-refractivity contribution >= 4 is 0 Å². The van der Waals surface area contributed by atoms with E-state index >= 15 is 0 Å². The number of nitrogens with zero attached hydrogens (tertiary/aromatic N) is 1. The maximum Gasteiger partial charge on any atom is 0.0135 e. The first-order valence-corrected chi connectivity index (χ1v) is 7.09. The van der Waals surface area contributed by atoms with Crippen LogP contribution in [0.25, 0.3) is 0 Å². The van der Waals surface area contributed by atoms with Crippen LogP contribution in [-0.2, 0) is 0 Å². The Labute approximate surface area is 102 Å². The normalized spacial score (nSPS) is 30.9. The zero-order valence-electron chi connectivity index (χ0n) is 11.4. The van der Waals surface area contributed by atoms with Crippen molar-refractivity contribution in [1.82, 2.24) is 4.90 Å². The summed E-state index contributed by atoms with van der Waals surface area (Å²) in [5.41, 5.74) is 5.91. The Kier molecular flexibility index (Phi) is 6.37. The van der Waals surface area contributed by atoms with Crippen molar-refractivity contribution in [1.29, 1.82) is 0 Å². The van der Waals surface area contributed by atoms with Crippen LogP contribution >= 0.6 is 0 Å². The van der Waals surface area contributed by atoms with E-state index in [1.54, 1.807) is 0 Å². The molecule has 0 aromatic rings. The van der Waals surface area contributed by atoms with Crippen LogP contribution in [0, 0.1) is 11.8 Å². The number of hydrogen-bond donors (Lipinski definition) is 1. The summed E-state index contributed by atoms with van der Waals surface area (Å²) in [5.74, 6) is 1.63. The molecule has 0 radical (unpaired) electrons. The molecule has 0 spiro atoms. The van der Waals surface area contributed by atoms with Crippen LogP contribution in [0.15, 0.2) is 0 Å². The molecular formula is C14H30N2. The van der Waals surface area contributed by atoms with Gasteiger partial charge in [-0.3, -0.25) is 0 Å². The van der Waals surface area contributed by atoms with Crippen molar-refractivity contribution in [2.24, 2.45) is 17.6 Å². The van der Waals surface area contributed by atoms with Crippen molar-refractivity contribution < 1.29 is 0 Å². The second-order valence-corrected chi connectivity index (χ2v) is 5.67. The molecule has 1 aliphatic carbocycles. The van der Waals surface area contributed by atoms with Gasteiger partial charge in [-0.15, -0.1) is 0 Å². The molecule has 0 aromatic heterocycles. The smallest absolute Gasteiger partial charge is 0.0135 e. The molecule has 3 unspecified atom stereocenters. The van der Waals surface area contributed by atoms with Gasteiger partial charge in [0.25, 0.3) is 0 Å². The van der Waals surface area contributed by atoms with Gasteiger partial charge in [0.15, 0.2) is 0 Å². The van der Waals surface area contributed by atoms with Crippen LogP contribution in [0.4, 0.5) is 0 Å². The average molecular weight is 226 g/mol. The predicted octanol–water partition coefficient (Wildman–Crippen LogP) is 2.87. The zero-order chi connectivity index (χ0) is 12.0. The Morgan fingerprint density at radius 2 is 2.00 bits per heavy atom. The van der Waals surface area contributed by atoms with Crippen LogP contribution in [0.5, 0.6) is 0 Å². The molecule has 3 atom stereocenters. The second kappa shape index (κ2) is 7.29. The Balaban J connectivity index is 2.39. The predicted molar refractivity (Wildman–Crippen MR) is 71.5 cm³/mol. The summed E-state index contributed by atoms with van der Waals surface area (Å²) in [4.78, 5) is 2.57. The topological polar surface area (TPSA) is 29.3 Å². The lowest BCUT2D eigenvalue weighted by Gasteiger charge is -2.40. The molecule has 0 amide bonds. The summed E-state index contributed by atoms with van der Waals surface area (Å²) in [5, 5.41) is 0. The quantitative estimate of drug-likeness (QED) is 0.706. The Bertz CT molecular complexity index is 182. The van der Waals surface area contributed by atoms with Gasteiger partial charge in [0.2, 0.25) is 0 Å². The molecule has 2 nitrogen and oxygen atoms in total.